The van der Waals surface area contributed by atoms with Gasteiger partial charge in [0.2, 0.25) is 0 Å². The Morgan fingerprint density at radius 1 is 1.30 bits per heavy atom. The summed E-state index contributed by atoms with van der Waals surface area (Å²) in [6.45, 7) is 4.95. The Hall–Kier alpha value is -2.28. The number of aryl methyl sites for hydroxylation is 2. The number of benzene rings is 1. The molecule has 0 spiro atoms. The van der Waals surface area contributed by atoms with Gasteiger partial charge in [-0.15, -0.1) is 11.3 Å². The van der Waals surface area contributed by atoms with E-state index < -0.39 is 5.82 Å². The summed E-state index contributed by atoms with van der Waals surface area (Å²) in [5.74, 6) is -0.881. The van der Waals surface area contributed by atoms with E-state index in [9.17, 15) is 14.0 Å². The Bertz CT molecular complexity index is 828. The molecule has 2 heterocycles. The van der Waals surface area contributed by atoms with Crippen molar-refractivity contribution in [3.05, 3.63) is 51.2 Å². The summed E-state index contributed by atoms with van der Waals surface area (Å²) in [6.07, 6.45) is 3.20. The van der Waals surface area contributed by atoms with E-state index >= 15 is 0 Å². The Morgan fingerprint density at radius 3 is 2.67 bits per heavy atom. The lowest BCUT2D eigenvalue weighted by Crippen LogP contribution is -2.46. The topological polar surface area (TPSA) is 62.3 Å². The number of carbonyl (C=O) groups excluding carboxylic acids is 2. The fraction of sp³-hybridized carbons (Fsp3) is 0.450. The number of thiazole rings is 1. The largest absolute Gasteiger partial charge is 0.348 e. The fourth-order valence-corrected chi connectivity index (χ4v) is 4.34. The average molecular weight is 389 g/mol. The molecule has 0 bridgehead atoms. The molecule has 1 aliphatic rings. The van der Waals surface area contributed by atoms with Crippen LogP contribution in [0.3, 0.4) is 0 Å². The minimum atomic E-state index is -0.499. The molecule has 1 aromatic heterocycles. The lowest BCUT2D eigenvalue weighted by atomic mass is 10.0. The third kappa shape index (κ3) is 4.53. The van der Waals surface area contributed by atoms with Crippen molar-refractivity contribution in [1.82, 2.24) is 15.2 Å². The van der Waals surface area contributed by atoms with Gasteiger partial charge in [0, 0.05) is 19.1 Å². The Labute approximate surface area is 162 Å². The van der Waals surface area contributed by atoms with Crippen LogP contribution in [0.25, 0.3) is 0 Å². The van der Waals surface area contributed by atoms with Crippen LogP contribution in [0.15, 0.2) is 24.3 Å². The van der Waals surface area contributed by atoms with Crippen LogP contribution in [0.5, 0.6) is 0 Å². The number of likely N-dealkylation sites (tertiary alicyclic amines) is 1. The SMILES string of the molecule is CCCc1nc(C)c(C(=O)NC2CCN(C(=O)c3ccccc3F)CC2)s1. The van der Waals surface area contributed by atoms with Gasteiger partial charge in [0.15, 0.2) is 0 Å². The van der Waals surface area contributed by atoms with Crippen molar-refractivity contribution in [2.75, 3.05) is 13.1 Å². The molecule has 5 nitrogen and oxygen atoms in total. The molecule has 1 aromatic carbocycles. The molecule has 27 heavy (non-hydrogen) atoms. The van der Waals surface area contributed by atoms with Crippen LogP contribution < -0.4 is 5.32 Å². The number of hydrogen-bond donors (Lipinski definition) is 1. The summed E-state index contributed by atoms with van der Waals surface area (Å²) in [4.78, 5) is 31.8. The predicted molar refractivity (Wildman–Crippen MR) is 104 cm³/mol. The van der Waals surface area contributed by atoms with E-state index in [2.05, 4.69) is 17.2 Å². The van der Waals surface area contributed by atoms with Crippen LogP contribution in [0.2, 0.25) is 0 Å². The molecule has 144 valence electrons. The van der Waals surface area contributed by atoms with E-state index in [-0.39, 0.29) is 23.4 Å². The second kappa shape index (κ2) is 8.61. The van der Waals surface area contributed by atoms with Crippen LogP contribution in [0.4, 0.5) is 4.39 Å². The van der Waals surface area contributed by atoms with E-state index in [0.717, 1.165) is 23.5 Å². The van der Waals surface area contributed by atoms with Crippen molar-refractivity contribution in [3.63, 3.8) is 0 Å². The van der Waals surface area contributed by atoms with Crippen molar-refractivity contribution >= 4 is 23.2 Å². The molecule has 0 unspecified atom stereocenters. The monoisotopic (exact) mass is 389 g/mol. The van der Waals surface area contributed by atoms with Gasteiger partial charge in [0.25, 0.3) is 11.8 Å². The second-order valence-electron chi connectivity index (χ2n) is 6.79. The number of hydrogen-bond acceptors (Lipinski definition) is 4. The summed E-state index contributed by atoms with van der Waals surface area (Å²) in [5, 5.41) is 4.05. The van der Waals surface area contributed by atoms with Gasteiger partial charge in [-0.1, -0.05) is 19.1 Å². The van der Waals surface area contributed by atoms with Crippen LogP contribution in [0.1, 0.15) is 56.9 Å². The molecule has 0 aliphatic carbocycles. The lowest BCUT2D eigenvalue weighted by Gasteiger charge is -2.32. The van der Waals surface area contributed by atoms with E-state index in [1.54, 1.807) is 17.0 Å². The third-order valence-electron chi connectivity index (χ3n) is 4.73. The molecule has 0 atom stereocenters. The zero-order valence-electron chi connectivity index (χ0n) is 15.6. The molecule has 0 radical (unpaired) electrons. The van der Waals surface area contributed by atoms with E-state index in [1.165, 1.54) is 23.5 Å². The lowest BCUT2D eigenvalue weighted by molar-refractivity contribution is 0.0694. The van der Waals surface area contributed by atoms with E-state index in [1.807, 2.05) is 6.92 Å². The molecule has 2 aromatic rings. The molecule has 7 heteroatoms. The first-order chi connectivity index (χ1) is 13.0. The number of nitrogens with zero attached hydrogens (tertiary/aromatic N) is 2. The summed E-state index contributed by atoms with van der Waals surface area (Å²) in [7, 11) is 0. The maximum Gasteiger partial charge on any atom is 0.263 e. The van der Waals surface area contributed by atoms with Crippen molar-refractivity contribution in [3.8, 4) is 0 Å². The maximum absolute atomic E-state index is 13.8. The van der Waals surface area contributed by atoms with Crippen molar-refractivity contribution in [2.45, 2.75) is 45.6 Å². The average Bonchev–Trinajstić information content (AvgIpc) is 3.03. The number of amides is 2. The van der Waals surface area contributed by atoms with Gasteiger partial charge < -0.3 is 10.2 Å². The molecule has 1 N–H and O–H groups in total. The number of halogens is 1. The van der Waals surface area contributed by atoms with Crippen molar-refractivity contribution < 1.29 is 14.0 Å². The number of piperidine rings is 1. The third-order valence-corrected chi connectivity index (χ3v) is 5.95. The molecule has 2 amide bonds. The summed E-state index contributed by atoms with van der Waals surface area (Å²) in [6, 6.07) is 6.05. The maximum atomic E-state index is 13.8. The molecule has 1 fully saturated rings. The van der Waals surface area contributed by atoms with Gasteiger partial charge in [-0.25, -0.2) is 9.37 Å². The number of rotatable bonds is 5. The molecule has 3 rings (SSSR count). The Morgan fingerprint density at radius 2 is 2.00 bits per heavy atom. The van der Waals surface area contributed by atoms with Crippen molar-refractivity contribution in [1.29, 1.82) is 0 Å². The molecular formula is C20H24FN3O2S. The van der Waals surface area contributed by atoms with E-state index in [0.29, 0.717) is 30.8 Å². The van der Waals surface area contributed by atoms with Gasteiger partial charge in [0.05, 0.1) is 16.3 Å². The normalized spacial score (nSPS) is 15.0. The predicted octanol–water partition coefficient (Wildman–Crippen LogP) is 3.58. The fourth-order valence-electron chi connectivity index (χ4n) is 3.27. The van der Waals surface area contributed by atoms with Gasteiger partial charge in [-0.2, -0.15) is 0 Å². The molecule has 0 saturated carbocycles. The summed E-state index contributed by atoms with van der Waals surface area (Å²) < 4.78 is 13.8. The zero-order valence-corrected chi connectivity index (χ0v) is 16.4. The summed E-state index contributed by atoms with van der Waals surface area (Å²) in [5.41, 5.74) is 0.872. The highest BCUT2D eigenvalue weighted by Crippen LogP contribution is 2.21. The quantitative estimate of drug-likeness (QED) is 0.850. The highest BCUT2D eigenvalue weighted by molar-refractivity contribution is 7.13. The van der Waals surface area contributed by atoms with Crippen LogP contribution in [-0.2, 0) is 6.42 Å². The Kier molecular flexibility index (Phi) is 6.21. The first-order valence-electron chi connectivity index (χ1n) is 9.30. The molecule has 1 saturated heterocycles. The van der Waals surface area contributed by atoms with Gasteiger partial charge in [-0.05, 0) is 44.7 Å². The highest BCUT2D eigenvalue weighted by atomic mass is 32.1. The minimum absolute atomic E-state index is 0.0123. The smallest absolute Gasteiger partial charge is 0.263 e. The number of aromatic nitrogens is 1. The Balaban J connectivity index is 1.56. The first kappa shape index (κ1) is 19.5. The second-order valence-corrected chi connectivity index (χ2v) is 7.88. The van der Waals surface area contributed by atoms with Crippen LogP contribution in [-0.4, -0.2) is 40.8 Å². The van der Waals surface area contributed by atoms with Crippen LogP contribution in [0, 0.1) is 12.7 Å². The standard InChI is InChI=1S/C20H24FN3O2S/c1-3-6-17-22-13(2)18(27-17)19(25)23-14-9-11-24(12-10-14)20(26)15-7-4-5-8-16(15)21/h4-5,7-8,14H,3,6,9-12H2,1-2H3,(H,23,25). The summed E-state index contributed by atoms with van der Waals surface area (Å²) >= 11 is 1.46. The zero-order chi connectivity index (χ0) is 19.4. The molecular weight excluding hydrogens is 365 g/mol. The van der Waals surface area contributed by atoms with Crippen LogP contribution >= 0.6 is 11.3 Å². The first-order valence-corrected chi connectivity index (χ1v) is 10.1. The van der Waals surface area contributed by atoms with Gasteiger partial charge in [0.1, 0.15) is 10.7 Å². The highest BCUT2D eigenvalue weighted by Gasteiger charge is 2.27. The number of carbonyl (C=O) groups is 2. The number of nitrogens with one attached hydrogen (secondary N) is 1. The minimum Gasteiger partial charge on any atom is -0.348 e. The van der Waals surface area contributed by atoms with Gasteiger partial charge in [-0.3, -0.25) is 9.59 Å². The van der Waals surface area contributed by atoms with Gasteiger partial charge >= 0.3 is 0 Å². The van der Waals surface area contributed by atoms with Crippen molar-refractivity contribution in [2.24, 2.45) is 0 Å². The molecule has 1 aliphatic heterocycles. The van der Waals surface area contributed by atoms with E-state index in [4.69, 9.17) is 0 Å².